The molecule has 1 aliphatic heterocycles. The predicted molar refractivity (Wildman–Crippen MR) is 85.1 cm³/mol. The van der Waals surface area contributed by atoms with Crippen LogP contribution >= 0.6 is 0 Å². The van der Waals surface area contributed by atoms with Crippen molar-refractivity contribution in [3.8, 4) is 0 Å². The molecule has 0 aromatic heterocycles. The first-order valence-electron chi connectivity index (χ1n) is 8.83. The van der Waals surface area contributed by atoms with Crippen LogP contribution in [0.2, 0.25) is 0 Å². The minimum atomic E-state index is 0.583. The van der Waals surface area contributed by atoms with Crippen LogP contribution in [0.25, 0.3) is 0 Å². The van der Waals surface area contributed by atoms with E-state index in [9.17, 15) is 0 Å². The summed E-state index contributed by atoms with van der Waals surface area (Å²) in [4.78, 5) is 5.30. The zero-order valence-electron chi connectivity index (χ0n) is 13.5. The molecule has 3 fully saturated rings. The number of likely N-dealkylation sites (N-methyl/N-ethyl adjacent to an activating group) is 1. The molecule has 20 heavy (non-hydrogen) atoms. The monoisotopic (exact) mass is 279 g/mol. The first-order valence-corrected chi connectivity index (χ1v) is 8.83. The van der Waals surface area contributed by atoms with Crippen molar-refractivity contribution < 1.29 is 0 Å². The summed E-state index contributed by atoms with van der Waals surface area (Å²) in [5, 5.41) is 3.83. The van der Waals surface area contributed by atoms with Crippen molar-refractivity contribution in [2.24, 2.45) is 5.41 Å². The van der Waals surface area contributed by atoms with Crippen LogP contribution in [0.5, 0.6) is 0 Å². The van der Waals surface area contributed by atoms with Crippen LogP contribution in [-0.4, -0.2) is 61.7 Å². The smallest absolute Gasteiger partial charge is 0.0195 e. The highest BCUT2D eigenvalue weighted by Gasteiger charge is 2.38. The summed E-state index contributed by atoms with van der Waals surface area (Å²) in [5.41, 5.74) is 0.583. The Morgan fingerprint density at radius 2 is 1.85 bits per heavy atom. The molecule has 0 spiro atoms. The molecule has 0 radical (unpaired) electrons. The minimum absolute atomic E-state index is 0.583. The molecule has 3 aliphatic rings. The highest BCUT2D eigenvalue weighted by atomic mass is 15.2. The maximum absolute atomic E-state index is 3.83. The summed E-state index contributed by atoms with van der Waals surface area (Å²) in [6.45, 7) is 8.86. The normalized spacial score (nSPS) is 32.4. The standard InChI is InChI=1S/C17H33N3/c1-15-12-19(2)10-5-11-20(15)14-17(8-3-4-9-17)13-18-16-6-7-16/h15-16,18H,3-14H2,1-2H3. The fourth-order valence-corrected chi connectivity index (χ4v) is 4.25. The highest BCUT2D eigenvalue weighted by molar-refractivity contribution is 4.94. The SMILES string of the molecule is CC1CN(C)CCCN1CC1(CNC2CC2)CCCC1. The van der Waals surface area contributed by atoms with Crippen molar-refractivity contribution in [3.05, 3.63) is 0 Å². The van der Waals surface area contributed by atoms with E-state index in [2.05, 4.69) is 29.1 Å². The molecule has 0 aromatic carbocycles. The molecule has 1 saturated heterocycles. The van der Waals surface area contributed by atoms with Crippen LogP contribution in [0.1, 0.15) is 51.9 Å². The van der Waals surface area contributed by atoms with Gasteiger partial charge in [-0.2, -0.15) is 0 Å². The molecule has 1 N–H and O–H groups in total. The van der Waals surface area contributed by atoms with Gasteiger partial charge in [-0.25, -0.2) is 0 Å². The van der Waals surface area contributed by atoms with Crippen LogP contribution in [0.4, 0.5) is 0 Å². The third-order valence-electron chi connectivity index (χ3n) is 5.73. The second kappa shape index (κ2) is 6.33. The Bertz CT molecular complexity index is 307. The summed E-state index contributed by atoms with van der Waals surface area (Å²) >= 11 is 0. The van der Waals surface area contributed by atoms with Gasteiger partial charge < -0.3 is 10.2 Å². The van der Waals surface area contributed by atoms with E-state index in [1.54, 1.807) is 0 Å². The Morgan fingerprint density at radius 1 is 1.10 bits per heavy atom. The van der Waals surface area contributed by atoms with Crippen molar-refractivity contribution in [2.45, 2.75) is 64.0 Å². The van der Waals surface area contributed by atoms with Gasteiger partial charge in [-0.05, 0) is 64.6 Å². The fourth-order valence-electron chi connectivity index (χ4n) is 4.25. The van der Waals surface area contributed by atoms with E-state index in [-0.39, 0.29) is 0 Å². The van der Waals surface area contributed by atoms with Gasteiger partial charge >= 0.3 is 0 Å². The number of nitrogens with zero attached hydrogens (tertiary/aromatic N) is 2. The van der Waals surface area contributed by atoms with Gasteiger partial charge in [-0.1, -0.05) is 12.8 Å². The van der Waals surface area contributed by atoms with Crippen LogP contribution in [0, 0.1) is 5.41 Å². The van der Waals surface area contributed by atoms with E-state index < -0.39 is 0 Å². The van der Waals surface area contributed by atoms with E-state index in [1.807, 2.05) is 0 Å². The van der Waals surface area contributed by atoms with Crippen LogP contribution < -0.4 is 5.32 Å². The Kier molecular flexibility index (Phi) is 4.68. The molecule has 1 unspecified atom stereocenters. The maximum Gasteiger partial charge on any atom is 0.0195 e. The van der Waals surface area contributed by atoms with Gasteiger partial charge in [-0.15, -0.1) is 0 Å². The largest absolute Gasteiger partial charge is 0.313 e. The van der Waals surface area contributed by atoms with Crippen molar-refractivity contribution in [2.75, 3.05) is 39.8 Å². The molecule has 1 heterocycles. The summed E-state index contributed by atoms with van der Waals surface area (Å²) < 4.78 is 0. The Morgan fingerprint density at radius 3 is 2.55 bits per heavy atom. The van der Waals surface area contributed by atoms with E-state index >= 15 is 0 Å². The van der Waals surface area contributed by atoms with Crippen molar-refractivity contribution in [1.82, 2.24) is 15.1 Å². The Hall–Kier alpha value is -0.120. The topological polar surface area (TPSA) is 18.5 Å². The second-order valence-corrected chi connectivity index (χ2v) is 7.80. The number of hydrogen-bond donors (Lipinski definition) is 1. The molecule has 2 aliphatic carbocycles. The molecular formula is C17H33N3. The second-order valence-electron chi connectivity index (χ2n) is 7.80. The molecule has 2 saturated carbocycles. The summed E-state index contributed by atoms with van der Waals surface area (Å²) in [5.74, 6) is 0. The van der Waals surface area contributed by atoms with E-state index in [4.69, 9.17) is 0 Å². The van der Waals surface area contributed by atoms with E-state index in [0.717, 1.165) is 12.1 Å². The molecule has 3 nitrogen and oxygen atoms in total. The summed E-state index contributed by atoms with van der Waals surface area (Å²) in [6.07, 6.45) is 9.98. The van der Waals surface area contributed by atoms with E-state index in [1.165, 1.54) is 77.7 Å². The zero-order chi connectivity index (χ0) is 14.0. The lowest BCUT2D eigenvalue weighted by atomic mass is 9.85. The van der Waals surface area contributed by atoms with Crippen molar-refractivity contribution in [3.63, 3.8) is 0 Å². The third-order valence-corrected chi connectivity index (χ3v) is 5.73. The molecule has 0 bridgehead atoms. The minimum Gasteiger partial charge on any atom is -0.313 e. The number of nitrogens with one attached hydrogen (secondary N) is 1. The number of rotatable bonds is 5. The average Bonchev–Trinajstić information content (AvgIpc) is 3.16. The van der Waals surface area contributed by atoms with Gasteiger partial charge in [0, 0.05) is 31.7 Å². The number of hydrogen-bond acceptors (Lipinski definition) is 3. The van der Waals surface area contributed by atoms with Crippen molar-refractivity contribution >= 4 is 0 Å². The summed E-state index contributed by atoms with van der Waals surface area (Å²) in [7, 11) is 2.28. The molecular weight excluding hydrogens is 246 g/mol. The van der Waals surface area contributed by atoms with Gasteiger partial charge in [0.2, 0.25) is 0 Å². The van der Waals surface area contributed by atoms with Gasteiger partial charge in [0.15, 0.2) is 0 Å². The van der Waals surface area contributed by atoms with Crippen LogP contribution in [-0.2, 0) is 0 Å². The molecule has 0 amide bonds. The molecule has 1 atom stereocenters. The Balaban J connectivity index is 1.59. The van der Waals surface area contributed by atoms with Gasteiger partial charge in [0.1, 0.15) is 0 Å². The highest BCUT2D eigenvalue weighted by Crippen LogP contribution is 2.39. The quantitative estimate of drug-likeness (QED) is 0.833. The third kappa shape index (κ3) is 3.75. The molecule has 0 aromatic rings. The van der Waals surface area contributed by atoms with Gasteiger partial charge in [-0.3, -0.25) is 4.90 Å². The predicted octanol–water partition coefficient (Wildman–Crippen LogP) is 2.32. The first kappa shape index (κ1) is 14.8. The van der Waals surface area contributed by atoms with Crippen LogP contribution in [0.15, 0.2) is 0 Å². The van der Waals surface area contributed by atoms with Crippen molar-refractivity contribution in [1.29, 1.82) is 0 Å². The zero-order valence-corrected chi connectivity index (χ0v) is 13.5. The lowest BCUT2D eigenvalue weighted by Gasteiger charge is -2.38. The molecule has 116 valence electrons. The molecule has 3 heteroatoms. The van der Waals surface area contributed by atoms with Gasteiger partial charge in [0.25, 0.3) is 0 Å². The van der Waals surface area contributed by atoms with E-state index in [0.29, 0.717) is 5.41 Å². The fraction of sp³-hybridized carbons (Fsp3) is 1.00. The molecule has 3 rings (SSSR count). The maximum atomic E-state index is 3.83. The lowest BCUT2D eigenvalue weighted by molar-refractivity contribution is 0.115. The van der Waals surface area contributed by atoms with Crippen LogP contribution in [0.3, 0.4) is 0 Å². The Labute approximate surface area is 125 Å². The van der Waals surface area contributed by atoms with Gasteiger partial charge in [0.05, 0.1) is 0 Å². The first-order chi connectivity index (χ1) is 9.67. The lowest BCUT2D eigenvalue weighted by Crippen LogP contribution is -2.47. The average molecular weight is 279 g/mol. The summed E-state index contributed by atoms with van der Waals surface area (Å²) in [6, 6.07) is 1.58.